The van der Waals surface area contributed by atoms with Crippen molar-refractivity contribution in [1.29, 1.82) is 5.26 Å². The number of hydrogen-bond donors (Lipinski definition) is 0. The molecule has 0 atom stereocenters. The van der Waals surface area contributed by atoms with E-state index in [1.165, 1.54) is 6.07 Å². The Morgan fingerprint density at radius 2 is 2.00 bits per heavy atom. The van der Waals surface area contributed by atoms with Crippen LogP contribution in [0.5, 0.6) is 0 Å². The van der Waals surface area contributed by atoms with Gasteiger partial charge in [0.15, 0.2) is 11.2 Å². The Bertz CT molecular complexity index is 1170. The Morgan fingerprint density at radius 3 is 2.83 bits per heavy atom. The van der Waals surface area contributed by atoms with Crippen molar-refractivity contribution < 1.29 is 4.42 Å². The quantitative estimate of drug-likeness (QED) is 0.527. The van der Waals surface area contributed by atoms with Crippen LogP contribution in [0.3, 0.4) is 0 Å². The smallest absolute Gasteiger partial charge is 0.193 e. The summed E-state index contributed by atoms with van der Waals surface area (Å²) >= 11 is 5.93. The highest BCUT2D eigenvalue weighted by atomic mass is 35.5. The maximum absolute atomic E-state index is 12.3. The van der Waals surface area contributed by atoms with Gasteiger partial charge >= 0.3 is 0 Å². The lowest BCUT2D eigenvalue weighted by atomic mass is 10.2. The fraction of sp³-hybridized carbons (Fsp3) is 0. The number of halogens is 1. The summed E-state index contributed by atoms with van der Waals surface area (Å²) in [4.78, 5) is 12.3. The second-order valence-corrected chi connectivity index (χ2v) is 5.56. The van der Waals surface area contributed by atoms with Gasteiger partial charge in [-0.1, -0.05) is 17.7 Å². The lowest BCUT2D eigenvalue weighted by Gasteiger charge is -2.04. The zero-order valence-corrected chi connectivity index (χ0v) is 12.5. The molecule has 3 heterocycles. The topological polar surface area (TPSA) is 58.4 Å². The summed E-state index contributed by atoms with van der Waals surface area (Å²) in [5.41, 5.74) is 2.24. The van der Waals surface area contributed by atoms with Crippen molar-refractivity contribution in [3.63, 3.8) is 0 Å². The van der Waals surface area contributed by atoms with Gasteiger partial charge in [-0.3, -0.25) is 4.79 Å². The first kappa shape index (κ1) is 13.6. The highest BCUT2D eigenvalue weighted by Crippen LogP contribution is 2.27. The summed E-state index contributed by atoms with van der Waals surface area (Å²) in [6.07, 6.45) is 1.83. The van der Waals surface area contributed by atoms with Gasteiger partial charge in [-0.25, -0.2) is 0 Å². The van der Waals surface area contributed by atoms with E-state index < -0.39 is 0 Å². The number of nitrogens with zero attached hydrogens (tertiary/aromatic N) is 2. The highest BCUT2D eigenvalue weighted by molar-refractivity contribution is 6.31. The molecule has 0 fully saturated rings. The van der Waals surface area contributed by atoms with E-state index in [1.54, 1.807) is 24.3 Å². The zero-order valence-electron chi connectivity index (χ0n) is 11.8. The van der Waals surface area contributed by atoms with Crippen LogP contribution in [-0.2, 0) is 0 Å². The molecule has 23 heavy (non-hydrogen) atoms. The Labute approximate surface area is 135 Å². The van der Waals surface area contributed by atoms with Gasteiger partial charge in [0.05, 0.1) is 22.2 Å². The van der Waals surface area contributed by atoms with Gasteiger partial charge in [0.1, 0.15) is 11.7 Å². The summed E-state index contributed by atoms with van der Waals surface area (Å²) in [7, 11) is 0. The molecule has 0 unspecified atom stereocenters. The number of hydrogen-bond acceptors (Lipinski definition) is 3. The summed E-state index contributed by atoms with van der Waals surface area (Å²) in [6.45, 7) is 0. The van der Waals surface area contributed by atoms with Gasteiger partial charge in [-0.2, -0.15) is 5.26 Å². The lowest BCUT2D eigenvalue weighted by molar-refractivity contribution is 0.615. The Kier molecular flexibility index (Phi) is 2.97. The number of aromatic nitrogens is 1. The largest absolute Gasteiger partial charge is 0.454 e. The van der Waals surface area contributed by atoms with Crippen LogP contribution in [0.15, 0.2) is 63.9 Å². The molecule has 4 aromatic rings. The third-order valence-electron chi connectivity index (χ3n) is 3.74. The molecule has 1 aromatic carbocycles. The van der Waals surface area contributed by atoms with Crippen LogP contribution < -0.4 is 5.43 Å². The van der Waals surface area contributed by atoms with Crippen LogP contribution in [0.4, 0.5) is 0 Å². The van der Waals surface area contributed by atoms with Crippen molar-refractivity contribution in [1.82, 2.24) is 4.40 Å². The molecule has 110 valence electrons. The molecule has 0 amide bonds. The molecule has 0 saturated carbocycles. The molecular formula is C18H9ClN2O2. The average molecular weight is 321 g/mol. The fourth-order valence-corrected chi connectivity index (χ4v) is 2.86. The normalized spacial score (nSPS) is 11.0. The van der Waals surface area contributed by atoms with Gasteiger partial charge in [-0.05, 0) is 36.4 Å². The molecule has 0 bridgehead atoms. The summed E-state index contributed by atoms with van der Waals surface area (Å²) in [6, 6.07) is 15.8. The van der Waals surface area contributed by atoms with Crippen molar-refractivity contribution >= 4 is 28.1 Å². The van der Waals surface area contributed by atoms with Gasteiger partial charge < -0.3 is 8.82 Å². The first-order valence-electron chi connectivity index (χ1n) is 6.91. The fourth-order valence-electron chi connectivity index (χ4n) is 2.69. The maximum atomic E-state index is 12.3. The monoisotopic (exact) mass is 320 g/mol. The van der Waals surface area contributed by atoms with E-state index >= 15 is 0 Å². The first-order valence-corrected chi connectivity index (χ1v) is 7.29. The van der Waals surface area contributed by atoms with Crippen LogP contribution in [0, 0.1) is 11.3 Å². The number of benzene rings is 1. The molecule has 4 rings (SSSR count). The SMILES string of the molecule is N#Cc1cc(-c2cc(=O)c3cc(Cl)ccc3o2)n2ccccc12. The van der Waals surface area contributed by atoms with Crippen LogP contribution in [0.1, 0.15) is 5.56 Å². The van der Waals surface area contributed by atoms with Crippen molar-refractivity contribution in [2.75, 3.05) is 0 Å². The third-order valence-corrected chi connectivity index (χ3v) is 3.97. The van der Waals surface area contributed by atoms with Crippen LogP contribution in [0.2, 0.25) is 5.02 Å². The predicted molar refractivity (Wildman–Crippen MR) is 88.6 cm³/mol. The molecule has 3 aromatic heterocycles. The van der Waals surface area contributed by atoms with E-state index in [1.807, 2.05) is 28.8 Å². The third kappa shape index (κ3) is 2.10. The number of fused-ring (bicyclic) bond motifs is 2. The summed E-state index contributed by atoms with van der Waals surface area (Å²) in [5.74, 6) is 0.410. The number of rotatable bonds is 1. The van der Waals surface area contributed by atoms with Crippen molar-refractivity contribution in [2.45, 2.75) is 0 Å². The van der Waals surface area contributed by atoms with Crippen molar-refractivity contribution in [3.05, 3.63) is 75.5 Å². The van der Waals surface area contributed by atoms with E-state index in [0.29, 0.717) is 33.0 Å². The minimum absolute atomic E-state index is 0.173. The van der Waals surface area contributed by atoms with E-state index in [0.717, 1.165) is 5.52 Å². The second kappa shape index (κ2) is 5.01. The van der Waals surface area contributed by atoms with Gasteiger partial charge in [0, 0.05) is 17.3 Å². The summed E-state index contributed by atoms with van der Waals surface area (Å²) < 4.78 is 7.69. The highest BCUT2D eigenvalue weighted by Gasteiger charge is 2.14. The van der Waals surface area contributed by atoms with E-state index in [9.17, 15) is 10.1 Å². The standard InChI is InChI=1S/C18H9ClN2O2/c19-12-4-5-17-13(8-12)16(22)9-18(23-17)15-7-11(10-20)14-3-1-2-6-21(14)15/h1-9H. The molecule has 0 spiro atoms. The molecule has 0 aliphatic rings. The Hall–Kier alpha value is -3.03. The molecule has 0 saturated heterocycles. The molecule has 4 nitrogen and oxygen atoms in total. The van der Waals surface area contributed by atoms with E-state index in [-0.39, 0.29) is 5.43 Å². The van der Waals surface area contributed by atoms with Gasteiger partial charge in [0.2, 0.25) is 0 Å². The first-order chi connectivity index (χ1) is 11.2. The molecule has 0 aliphatic carbocycles. The van der Waals surface area contributed by atoms with E-state index in [2.05, 4.69) is 6.07 Å². The van der Waals surface area contributed by atoms with Crippen molar-refractivity contribution in [3.8, 4) is 17.5 Å². The Balaban J connectivity index is 2.06. The predicted octanol–water partition coefficient (Wildman–Crippen LogP) is 4.24. The van der Waals surface area contributed by atoms with Gasteiger partial charge in [0.25, 0.3) is 0 Å². The average Bonchev–Trinajstić information content (AvgIpc) is 2.94. The maximum Gasteiger partial charge on any atom is 0.193 e. The number of nitriles is 1. The minimum atomic E-state index is -0.173. The number of pyridine rings is 1. The zero-order chi connectivity index (χ0) is 16.0. The van der Waals surface area contributed by atoms with Gasteiger partial charge in [-0.15, -0.1) is 0 Å². The molecule has 0 N–H and O–H groups in total. The summed E-state index contributed by atoms with van der Waals surface area (Å²) in [5, 5.41) is 10.2. The van der Waals surface area contributed by atoms with Crippen LogP contribution >= 0.6 is 11.6 Å². The van der Waals surface area contributed by atoms with Crippen LogP contribution in [0.25, 0.3) is 27.9 Å². The minimum Gasteiger partial charge on any atom is -0.454 e. The molecule has 0 radical (unpaired) electrons. The van der Waals surface area contributed by atoms with E-state index in [4.69, 9.17) is 16.0 Å². The van der Waals surface area contributed by atoms with Crippen molar-refractivity contribution in [2.24, 2.45) is 0 Å². The lowest BCUT2D eigenvalue weighted by Crippen LogP contribution is -2.01. The molecular weight excluding hydrogens is 312 g/mol. The molecule has 5 heteroatoms. The Morgan fingerprint density at radius 1 is 1.13 bits per heavy atom. The van der Waals surface area contributed by atoms with Crippen LogP contribution in [-0.4, -0.2) is 4.40 Å². The molecule has 0 aliphatic heterocycles. The second-order valence-electron chi connectivity index (χ2n) is 5.13.